The zero-order valence-corrected chi connectivity index (χ0v) is 10.2. The van der Waals surface area contributed by atoms with Crippen LogP contribution in [0.1, 0.15) is 24.5 Å². The maximum absolute atomic E-state index is 10.8. The highest BCUT2D eigenvalue weighted by Crippen LogP contribution is 2.45. The van der Waals surface area contributed by atoms with Gasteiger partial charge in [0.2, 0.25) is 0 Å². The average molecular weight is 234 g/mol. The number of phenolic OH excluding ortho intramolecular Hbond substituents is 1. The molecule has 1 aliphatic carbocycles. The minimum absolute atomic E-state index is 0.136. The molecule has 1 fully saturated rings. The SMILES string of the molecule is Cc1cc(CC(C)C2CC2C(=O)O)ccc1O. The van der Waals surface area contributed by atoms with Crippen LogP contribution in [-0.4, -0.2) is 16.2 Å². The van der Waals surface area contributed by atoms with Crippen molar-refractivity contribution in [2.45, 2.75) is 26.7 Å². The number of benzene rings is 1. The lowest BCUT2D eigenvalue weighted by molar-refractivity contribution is -0.139. The number of aryl methyl sites for hydroxylation is 1. The van der Waals surface area contributed by atoms with Crippen LogP contribution >= 0.6 is 0 Å². The number of aliphatic carboxylic acids is 1. The molecule has 0 spiro atoms. The molecule has 17 heavy (non-hydrogen) atoms. The molecule has 92 valence electrons. The molecule has 0 saturated heterocycles. The summed E-state index contributed by atoms with van der Waals surface area (Å²) in [5.41, 5.74) is 2.05. The zero-order chi connectivity index (χ0) is 12.6. The smallest absolute Gasteiger partial charge is 0.306 e. The van der Waals surface area contributed by atoms with Crippen molar-refractivity contribution in [1.82, 2.24) is 0 Å². The summed E-state index contributed by atoms with van der Waals surface area (Å²) in [6.07, 6.45) is 1.70. The summed E-state index contributed by atoms with van der Waals surface area (Å²) in [7, 11) is 0. The van der Waals surface area contributed by atoms with Gasteiger partial charge in [-0.3, -0.25) is 4.79 Å². The number of carboxylic acids is 1. The van der Waals surface area contributed by atoms with E-state index in [1.165, 1.54) is 5.56 Å². The Bertz CT molecular complexity index is 439. The number of aromatic hydroxyl groups is 1. The first kappa shape index (κ1) is 12.0. The van der Waals surface area contributed by atoms with Crippen LogP contribution in [0.3, 0.4) is 0 Å². The Kier molecular flexibility index (Phi) is 3.09. The molecule has 3 heteroatoms. The molecule has 3 nitrogen and oxygen atoms in total. The van der Waals surface area contributed by atoms with Crippen molar-refractivity contribution >= 4 is 5.97 Å². The fraction of sp³-hybridized carbons (Fsp3) is 0.500. The molecule has 0 aliphatic heterocycles. The first-order valence-corrected chi connectivity index (χ1v) is 6.00. The minimum atomic E-state index is -0.663. The van der Waals surface area contributed by atoms with Gasteiger partial charge in [-0.2, -0.15) is 0 Å². The van der Waals surface area contributed by atoms with Crippen molar-refractivity contribution in [2.24, 2.45) is 17.8 Å². The van der Waals surface area contributed by atoms with Crippen LogP contribution in [0, 0.1) is 24.7 Å². The van der Waals surface area contributed by atoms with E-state index in [4.69, 9.17) is 5.11 Å². The molecular formula is C14H18O3. The molecule has 1 aliphatic rings. The number of rotatable bonds is 4. The molecule has 0 radical (unpaired) electrons. The van der Waals surface area contributed by atoms with E-state index in [0.29, 0.717) is 17.6 Å². The van der Waals surface area contributed by atoms with Gasteiger partial charge in [0.05, 0.1) is 5.92 Å². The fourth-order valence-electron chi connectivity index (χ4n) is 2.50. The number of carbonyl (C=O) groups is 1. The van der Waals surface area contributed by atoms with Crippen LogP contribution in [0.15, 0.2) is 18.2 Å². The van der Waals surface area contributed by atoms with Crippen molar-refractivity contribution in [1.29, 1.82) is 0 Å². The van der Waals surface area contributed by atoms with E-state index in [2.05, 4.69) is 6.92 Å². The molecule has 2 rings (SSSR count). The van der Waals surface area contributed by atoms with Crippen molar-refractivity contribution in [3.05, 3.63) is 29.3 Å². The molecule has 3 unspecified atom stereocenters. The van der Waals surface area contributed by atoms with E-state index in [0.717, 1.165) is 18.4 Å². The second-order valence-corrected chi connectivity index (χ2v) is 5.15. The quantitative estimate of drug-likeness (QED) is 0.841. The molecule has 0 aromatic heterocycles. The summed E-state index contributed by atoms with van der Waals surface area (Å²) in [5.74, 6) is 0.227. The van der Waals surface area contributed by atoms with E-state index in [1.54, 1.807) is 6.07 Å². The van der Waals surface area contributed by atoms with E-state index >= 15 is 0 Å². The predicted octanol–water partition coefficient (Wildman–Crippen LogP) is 2.60. The van der Waals surface area contributed by atoms with Crippen LogP contribution in [0.5, 0.6) is 5.75 Å². The number of phenols is 1. The van der Waals surface area contributed by atoms with E-state index in [1.807, 2.05) is 19.1 Å². The third-order valence-electron chi connectivity index (χ3n) is 3.71. The maximum Gasteiger partial charge on any atom is 0.306 e. The molecule has 1 aromatic rings. The first-order valence-electron chi connectivity index (χ1n) is 6.00. The lowest BCUT2D eigenvalue weighted by Gasteiger charge is -2.11. The summed E-state index contributed by atoms with van der Waals surface area (Å²) in [6, 6.07) is 5.60. The molecule has 0 bridgehead atoms. The standard InChI is InChI=1S/C14H18O3/c1-8(11-7-12(11)14(16)17)5-10-3-4-13(15)9(2)6-10/h3-4,6,8,11-12,15H,5,7H2,1-2H3,(H,16,17). The van der Waals surface area contributed by atoms with Crippen LogP contribution < -0.4 is 0 Å². The lowest BCUT2D eigenvalue weighted by Crippen LogP contribution is -2.08. The van der Waals surface area contributed by atoms with Crippen LogP contribution in [0.4, 0.5) is 0 Å². The van der Waals surface area contributed by atoms with Gasteiger partial charge in [-0.1, -0.05) is 19.1 Å². The molecule has 1 aromatic carbocycles. The van der Waals surface area contributed by atoms with Crippen molar-refractivity contribution in [2.75, 3.05) is 0 Å². The third kappa shape index (κ3) is 2.60. The summed E-state index contributed by atoms with van der Waals surface area (Å²) in [4.78, 5) is 10.8. The van der Waals surface area contributed by atoms with Gasteiger partial charge in [0.1, 0.15) is 5.75 Å². The Labute approximate surface area is 101 Å². The van der Waals surface area contributed by atoms with E-state index in [-0.39, 0.29) is 5.92 Å². The largest absolute Gasteiger partial charge is 0.508 e. The van der Waals surface area contributed by atoms with Gasteiger partial charge in [0.15, 0.2) is 0 Å². The maximum atomic E-state index is 10.8. The fourth-order valence-corrected chi connectivity index (χ4v) is 2.50. The van der Waals surface area contributed by atoms with Gasteiger partial charge in [-0.05, 0) is 48.8 Å². The molecule has 3 atom stereocenters. The molecule has 2 N–H and O–H groups in total. The van der Waals surface area contributed by atoms with Gasteiger partial charge >= 0.3 is 5.97 Å². The highest BCUT2D eigenvalue weighted by molar-refractivity contribution is 5.73. The second-order valence-electron chi connectivity index (χ2n) is 5.15. The summed E-state index contributed by atoms with van der Waals surface area (Å²) in [5, 5.41) is 18.3. The van der Waals surface area contributed by atoms with Crippen molar-refractivity contribution < 1.29 is 15.0 Å². The highest BCUT2D eigenvalue weighted by atomic mass is 16.4. The topological polar surface area (TPSA) is 57.5 Å². The van der Waals surface area contributed by atoms with Crippen molar-refractivity contribution in [3.8, 4) is 5.75 Å². The van der Waals surface area contributed by atoms with Crippen LogP contribution in [0.25, 0.3) is 0 Å². The lowest BCUT2D eigenvalue weighted by atomic mass is 9.94. The van der Waals surface area contributed by atoms with Gasteiger partial charge in [0, 0.05) is 0 Å². The van der Waals surface area contributed by atoms with Crippen LogP contribution in [-0.2, 0) is 11.2 Å². The van der Waals surface area contributed by atoms with E-state index < -0.39 is 5.97 Å². The van der Waals surface area contributed by atoms with E-state index in [9.17, 15) is 9.90 Å². The zero-order valence-electron chi connectivity index (χ0n) is 10.2. The molecule has 1 saturated carbocycles. The highest BCUT2D eigenvalue weighted by Gasteiger charge is 2.45. The van der Waals surface area contributed by atoms with Gasteiger partial charge in [-0.15, -0.1) is 0 Å². The minimum Gasteiger partial charge on any atom is -0.508 e. The molecule has 0 heterocycles. The van der Waals surface area contributed by atoms with Crippen LogP contribution in [0.2, 0.25) is 0 Å². The average Bonchev–Trinajstić information content (AvgIpc) is 3.03. The second kappa shape index (κ2) is 4.40. The Morgan fingerprint density at radius 1 is 1.53 bits per heavy atom. The normalized spacial score (nSPS) is 24.4. The number of carboxylic acid groups (broad SMARTS) is 1. The monoisotopic (exact) mass is 234 g/mol. The van der Waals surface area contributed by atoms with Gasteiger partial charge in [0.25, 0.3) is 0 Å². The third-order valence-corrected chi connectivity index (χ3v) is 3.71. The summed E-state index contributed by atoms with van der Waals surface area (Å²) in [6.45, 7) is 3.98. The number of hydrogen-bond acceptors (Lipinski definition) is 2. The van der Waals surface area contributed by atoms with Crippen molar-refractivity contribution in [3.63, 3.8) is 0 Å². The van der Waals surface area contributed by atoms with Gasteiger partial charge < -0.3 is 10.2 Å². The summed E-state index contributed by atoms with van der Waals surface area (Å²) < 4.78 is 0. The Morgan fingerprint density at radius 2 is 2.24 bits per heavy atom. The molecule has 0 amide bonds. The predicted molar refractivity (Wildman–Crippen MR) is 64.9 cm³/mol. The molecular weight excluding hydrogens is 216 g/mol. The first-order chi connectivity index (χ1) is 7.99. The number of hydrogen-bond donors (Lipinski definition) is 2. The summed E-state index contributed by atoms with van der Waals surface area (Å²) >= 11 is 0. The Hall–Kier alpha value is -1.51. The van der Waals surface area contributed by atoms with Gasteiger partial charge in [-0.25, -0.2) is 0 Å². The Balaban J connectivity index is 1.97. The Morgan fingerprint density at radius 3 is 2.76 bits per heavy atom.